The third kappa shape index (κ3) is 4.88. The summed E-state index contributed by atoms with van der Waals surface area (Å²) in [4.78, 5) is 12.4. The molecule has 0 saturated carbocycles. The maximum Gasteiger partial charge on any atom is 0.240 e. The number of benzene rings is 3. The molecule has 1 unspecified atom stereocenters. The van der Waals surface area contributed by atoms with Crippen molar-refractivity contribution in [3.8, 4) is 11.4 Å². The fourth-order valence-electron chi connectivity index (χ4n) is 4.15. The lowest BCUT2D eigenvalue weighted by Crippen LogP contribution is -2.24. The molecule has 2 heterocycles. The van der Waals surface area contributed by atoms with E-state index < -0.39 is 0 Å². The molecule has 3 aromatic carbocycles. The van der Waals surface area contributed by atoms with E-state index in [4.69, 9.17) is 4.74 Å². The van der Waals surface area contributed by atoms with Crippen LogP contribution in [0.15, 0.2) is 88.4 Å². The van der Waals surface area contributed by atoms with E-state index in [1.54, 1.807) is 4.68 Å². The third-order valence-electron chi connectivity index (χ3n) is 5.99. The summed E-state index contributed by atoms with van der Waals surface area (Å²) in [6.45, 7) is 4.00. The van der Waals surface area contributed by atoms with Gasteiger partial charge in [0.2, 0.25) is 5.91 Å². The second-order valence-corrected chi connectivity index (χ2v) is 9.30. The van der Waals surface area contributed by atoms with Crippen LogP contribution in [-0.2, 0) is 11.4 Å². The molecule has 0 N–H and O–H groups in total. The topological polar surface area (TPSA) is 72.6 Å². The molecule has 1 aliphatic rings. The fraction of sp³-hybridized carbons (Fsp3) is 0.185. The molecule has 0 radical (unpaired) electrons. The highest BCUT2D eigenvalue weighted by Gasteiger charge is 2.33. The van der Waals surface area contributed by atoms with Gasteiger partial charge in [-0.25, -0.2) is 9.69 Å². The minimum absolute atomic E-state index is 0.118. The van der Waals surface area contributed by atoms with Crippen LogP contribution in [0.2, 0.25) is 0 Å². The zero-order chi connectivity index (χ0) is 24.4. The summed E-state index contributed by atoms with van der Waals surface area (Å²) in [5.41, 5.74) is 5.33. The Morgan fingerprint density at radius 2 is 1.74 bits per heavy atom. The summed E-state index contributed by atoms with van der Waals surface area (Å²) < 4.78 is 8.69. The standard InChI is InChI=1S/C27H24BrN5O2/c1-18-27(29-31-32(18)23-12-10-22(28)11-13-23)25-16-26(33(30-25)19(2)34)21-8-14-24(15-9-21)35-17-20-6-4-3-5-7-20/h3-15,26H,16-17H2,1-2H3. The van der Waals surface area contributed by atoms with Crippen LogP contribution in [0.3, 0.4) is 0 Å². The van der Waals surface area contributed by atoms with E-state index in [1.165, 1.54) is 11.9 Å². The molecule has 0 spiro atoms. The van der Waals surface area contributed by atoms with Crippen LogP contribution >= 0.6 is 15.9 Å². The Labute approximate surface area is 212 Å². The summed E-state index contributed by atoms with van der Waals surface area (Å²) in [6, 6.07) is 25.6. The molecule has 0 aliphatic carbocycles. The van der Waals surface area contributed by atoms with Crippen LogP contribution in [0.1, 0.15) is 41.9 Å². The van der Waals surface area contributed by atoms with E-state index in [9.17, 15) is 4.79 Å². The van der Waals surface area contributed by atoms with Crippen LogP contribution < -0.4 is 4.74 Å². The molecule has 8 heteroatoms. The molecular weight excluding hydrogens is 506 g/mol. The molecule has 35 heavy (non-hydrogen) atoms. The molecule has 5 rings (SSSR count). The van der Waals surface area contributed by atoms with Crippen molar-refractivity contribution in [3.63, 3.8) is 0 Å². The number of halogens is 1. The average molecular weight is 530 g/mol. The Morgan fingerprint density at radius 1 is 1.03 bits per heavy atom. The van der Waals surface area contributed by atoms with E-state index in [2.05, 4.69) is 31.3 Å². The van der Waals surface area contributed by atoms with Gasteiger partial charge in [0.05, 0.1) is 23.1 Å². The molecule has 0 fully saturated rings. The number of rotatable bonds is 6. The lowest BCUT2D eigenvalue weighted by molar-refractivity contribution is -0.130. The fourth-order valence-corrected chi connectivity index (χ4v) is 4.42. The van der Waals surface area contributed by atoms with Crippen molar-refractivity contribution < 1.29 is 9.53 Å². The van der Waals surface area contributed by atoms with Gasteiger partial charge in [0.15, 0.2) is 0 Å². The minimum atomic E-state index is -0.206. The van der Waals surface area contributed by atoms with Crippen molar-refractivity contribution in [2.45, 2.75) is 32.9 Å². The van der Waals surface area contributed by atoms with Gasteiger partial charge in [0.1, 0.15) is 18.1 Å². The van der Waals surface area contributed by atoms with Crippen molar-refractivity contribution in [3.05, 3.63) is 106 Å². The van der Waals surface area contributed by atoms with Crippen molar-refractivity contribution in [2.75, 3.05) is 0 Å². The van der Waals surface area contributed by atoms with Crippen LogP contribution in [0.4, 0.5) is 0 Å². The quantitative estimate of drug-likeness (QED) is 0.325. The molecule has 0 saturated heterocycles. The number of hydrogen-bond acceptors (Lipinski definition) is 5. The molecule has 176 valence electrons. The zero-order valence-corrected chi connectivity index (χ0v) is 21.0. The number of carbonyl (C=O) groups excluding carboxylic acids is 1. The lowest BCUT2D eigenvalue weighted by Gasteiger charge is -2.20. The summed E-state index contributed by atoms with van der Waals surface area (Å²) in [6.07, 6.45) is 0.559. The number of amides is 1. The van der Waals surface area contributed by atoms with E-state index in [0.717, 1.165) is 38.4 Å². The number of carbonyl (C=O) groups is 1. The van der Waals surface area contributed by atoms with Gasteiger partial charge in [0.25, 0.3) is 0 Å². The first-order chi connectivity index (χ1) is 17.0. The van der Waals surface area contributed by atoms with Crippen molar-refractivity contribution in [1.29, 1.82) is 0 Å². The smallest absolute Gasteiger partial charge is 0.240 e. The Kier molecular flexibility index (Phi) is 6.46. The van der Waals surface area contributed by atoms with Crippen LogP contribution in [0.25, 0.3) is 5.69 Å². The zero-order valence-electron chi connectivity index (χ0n) is 19.4. The highest BCUT2D eigenvalue weighted by Crippen LogP contribution is 2.34. The SMILES string of the molecule is CC(=O)N1N=C(c2nnn(-c3ccc(Br)cc3)c2C)CC1c1ccc(OCc2ccccc2)cc1. The highest BCUT2D eigenvalue weighted by atomic mass is 79.9. The first kappa shape index (κ1) is 23.0. The predicted molar refractivity (Wildman–Crippen MR) is 137 cm³/mol. The maximum absolute atomic E-state index is 12.4. The summed E-state index contributed by atoms with van der Waals surface area (Å²) in [7, 11) is 0. The Morgan fingerprint density at radius 3 is 2.43 bits per heavy atom. The molecule has 1 aromatic heterocycles. The van der Waals surface area contributed by atoms with Gasteiger partial charge >= 0.3 is 0 Å². The van der Waals surface area contributed by atoms with Crippen molar-refractivity contribution in [1.82, 2.24) is 20.0 Å². The number of hydrogen-bond donors (Lipinski definition) is 0. The molecule has 1 amide bonds. The van der Waals surface area contributed by atoms with Gasteiger partial charge in [0, 0.05) is 17.8 Å². The van der Waals surface area contributed by atoms with Gasteiger partial charge in [-0.15, -0.1) is 5.10 Å². The second kappa shape index (κ2) is 9.84. The third-order valence-corrected chi connectivity index (χ3v) is 6.51. The summed E-state index contributed by atoms with van der Waals surface area (Å²) in [5.74, 6) is 0.659. The lowest BCUT2D eigenvalue weighted by atomic mass is 10.00. The van der Waals surface area contributed by atoms with E-state index in [0.29, 0.717) is 18.7 Å². The van der Waals surface area contributed by atoms with Gasteiger partial charge < -0.3 is 4.74 Å². The van der Waals surface area contributed by atoms with E-state index in [1.807, 2.05) is 85.8 Å². The summed E-state index contributed by atoms with van der Waals surface area (Å²) in [5, 5.41) is 14.9. The number of nitrogens with zero attached hydrogens (tertiary/aromatic N) is 5. The van der Waals surface area contributed by atoms with E-state index in [-0.39, 0.29) is 11.9 Å². The van der Waals surface area contributed by atoms with Crippen molar-refractivity contribution >= 4 is 27.5 Å². The van der Waals surface area contributed by atoms with E-state index >= 15 is 0 Å². The van der Waals surface area contributed by atoms with Crippen LogP contribution in [-0.4, -0.2) is 31.6 Å². The number of ether oxygens (including phenoxy) is 1. The van der Waals surface area contributed by atoms with Crippen molar-refractivity contribution in [2.24, 2.45) is 5.10 Å². The average Bonchev–Trinajstić information content (AvgIpc) is 3.48. The molecule has 1 atom stereocenters. The van der Waals surface area contributed by atoms with Crippen LogP contribution in [0, 0.1) is 6.92 Å². The number of aromatic nitrogens is 3. The maximum atomic E-state index is 12.4. The molecule has 1 aliphatic heterocycles. The van der Waals surface area contributed by atoms with Crippen LogP contribution in [0.5, 0.6) is 5.75 Å². The minimum Gasteiger partial charge on any atom is -0.489 e. The first-order valence-electron chi connectivity index (χ1n) is 11.3. The molecule has 0 bridgehead atoms. The second-order valence-electron chi connectivity index (χ2n) is 8.39. The monoisotopic (exact) mass is 529 g/mol. The number of hydrazone groups is 1. The largest absolute Gasteiger partial charge is 0.489 e. The van der Waals surface area contributed by atoms with Gasteiger partial charge in [-0.1, -0.05) is 63.6 Å². The normalized spacial score (nSPS) is 15.2. The molecule has 4 aromatic rings. The van der Waals surface area contributed by atoms with Gasteiger partial charge in [-0.05, 0) is 54.4 Å². The summed E-state index contributed by atoms with van der Waals surface area (Å²) >= 11 is 3.46. The highest BCUT2D eigenvalue weighted by molar-refractivity contribution is 9.10. The Bertz CT molecular complexity index is 1370. The predicted octanol–water partition coefficient (Wildman–Crippen LogP) is 5.61. The van der Waals surface area contributed by atoms with Gasteiger partial charge in [-0.3, -0.25) is 4.79 Å². The molecular formula is C27H24BrN5O2. The molecule has 7 nitrogen and oxygen atoms in total. The first-order valence-corrected chi connectivity index (χ1v) is 12.1. The Balaban J connectivity index is 1.34. The van der Waals surface area contributed by atoms with Gasteiger partial charge in [-0.2, -0.15) is 5.10 Å². The Hall–Kier alpha value is -3.78.